The van der Waals surface area contributed by atoms with Gasteiger partial charge in [-0.25, -0.2) is 0 Å². The van der Waals surface area contributed by atoms with E-state index in [1.807, 2.05) is 0 Å². The van der Waals surface area contributed by atoms with Crippen LogP contribution in [0.25, 0.3) is 0 Å². The van der Waals surface area contributed by atoms with Crippen LogP contribution in [-0.4, -0.2) is 24.2 Å². The Hall–Kier alpha value is -1.56. The molecule has 2 unspecified atom stereocenters. The van der Waals surface area contributed by atoms with E-state index in [0.717, 1.165) is 25.1 Å². The molecule has 1 fully saturated rings. The van der Waals surface area contributed by atoms with Crippen LogP contribution in [0.3, 0.4) is 0 Å². The molecule has 2 N–H and O–H groups in total. The predicted octanol–water partition coefficient (Wildman–Crippen LogP) is 2.48. The minimum atomic E-state index is -4.40. The number of halogens is 3. The number of aliphatic carboxylic acids is 1. The first kappa shape index (κ1) is 13.9. The van der Waals surface area contributed by atoms with Crippen LogP contribution in [-0.2, 0) is 11.0 Å². The van der Waals surface area contributed by atoms with Gasteiger partial charge in [-0.3, -0.25) is 4.79 Å². The van der Waals surface area contributed by atoms with Gasteiger partial charge in [0.1, 0.15) is 0 Å². The molecule has 19 heavy (non-hydrogen) atoms. The average molecular weight is 273 g/mol. The molecule has 104 valence electrons. The summed E-state index contributed by atoms with van der Waals surface area (Å²) in [5.41, 5.74) is -0.334. The lowest BCUT2D eigenvalue weighted by Gasteiger charge is -2.19. The van der Waals surface area contributed by atoms with E-state index in [0.29, 0.717) is 12.1 Å². The van der Waals surface area contributed by atoms with Crippen LogP contribution >= 0.6 is 0 Å². The third-order valence-electron chi connectivity index (χ3n) is 3.43. The average Bonchev–Trinajstić information content (AvgIpc) is 2.82. The Bertz CT molecular complexity index is 450. The Morgan fingerprint density at radius 2 is 1.95 bits per heavy atom. The van der Waals surface area contributed by atoms with E-state index in [2.05, 4.69) is 5.32 Å². The summed E-state index contributed by atoms with van der Waals surface area (Å²) in [5, 5.41) is 12.3. The lowest BCUT2D eigenvalue weighted by Crippen LogP contribution is -2.23. The fourth-order valence-corrected chi connectivity index (χ4v) is 2.46. The third-order valence-corrected chi connectivity index (χ3v) is 3.43. The molecule has 0 spiro atoms. The molecular weight excluding hydrogens is 259 g/mol. The summed E-state index contributed by atoms with van der Waals surface area (Å²) in [6.45, 7) is 1.33. The van der Waals surface area contributed by atoms with Crippen molar-refractivity contribution < 1.29 is 23.1 Å². The summed E-state index contributed by atoms with van der Waals surface area (Å²) >= 11 is 0. The lowest BCUT2D eigenvalue weighted by atomic mass is 9.85. The molecule has 6 heteroatoms. The van der Waals surface area contributed by atoms with Crippen molar-refractivity contribution >= 4 is 5.97 Å². The zero-order chi connectivity index (χ0) is 14.0. The van der Waals surface area contributed by atoms with Crippen LogP contribution in [0.1, 0.15) is 23.5 Å². The molecule has 1 saturated heterocycles. The molecule has 3 nitrogen and oxygen atoms in total. The maximum Gasteiger partial charge on any atom is 0.416 e. The molecule has 0 aliphatic carbocycles. The highest BCUT2D eigenvalue weighted by Gasteiger charge is 2.34. The van der Waals surface area contributed by atoms with Gasteiger partial charge >= 0.3 is 12.1 Å². The van der Waals surface area contributed by atoms with Gasteiger partial charge in [-0.2, -0.15) is 13.2 Å². The van der Waals surface area contributed by atoms with Crippen molar-refractivity contribution in [1.29, 1.82) is 0 Å². The first-order valence-electron chi connectivity index (χ1n) is 6.00. The molecule has 1 aliphatic heterocycles. The van der Waals surface area contributed by atoms with Gasteiger partial charge in [-0.1, -0.05) is 12.1 Å². The van der Waals surface area contributed by atoms with Crippen LogP contribution in [0.4, 0.5) is 13.2 Å². The van der Waals surface area contributed by atoms with Gasteiger partial charge in [-0.15, -0.1) is 0 Å². The Morgan fingerprint density at radius 3 is 2.37 bits per heavy atom. The second-order valence-corrected chi connectivity index (χ2v) is 4.69. The molecular formula is C13H14F3NO2. The fraction of sp³-hybridized carbons (Fsp3) is 0.462. The van der Waals surface area contributed by atoms with Gasteiger partial charge in [0, 0.05) is 0 Å². The van der Waals surface area contributed by atoms with E-state index in [4.69, 9.17) is 0 Å². The normalized spacial score (nSPS) is 21.3. The molecule has 2 atom stereocenters. The summed E-state index contributed by atoms with van der Waals surface area (Å²) in [6, 6.07) is 4.40. The van der Waals surface area contributed by atoms with Gasteiger partial charge in [-0.05, 0) is 43.1 Å². The quantitative estimate of drug-likeness (QED) is 0.889. The maximum absolute atomic E-state index is 12.5. The van der Waals surface area contributed by atoms with Crippen molar-refractivity contribution in [2.24, 2.45) is 5.92 Å². The molecule has 1 aromatic rings. The molecule has 0 amide bonds. The van der Waals surface area contributed by atoms with Crippen molar-refractivity contribution in [3.05, 3.63) is 35.4 Å². The highest BCUT2D eigenvalue weighted by Crippen LogP contribution is 2.33. The minimum absolute atomic E-state index is 0.0748. The molecule has 0 saturated carbocycles. The van der Waals surface area contributed by atoms with Crippen molar-refractivity contribution in [2.75, 3.05) is 13.1 Å². The molecule has 0 bridgehead atoms. The number of benzene rings is 1. The molecule has 0 aromatic heterocycles. The van der Waals surface area contributed by atoms with E-state index < -0.39 is 23.6 Å². The number of rotatable bonds is 3. The second kappa shape index (κ2) is 5.21. The number of alkyl halides is 3. The first-order chi connectivity index (χ1) is 8.89. The monoisotopic (exact) mass is 273 g/mol. The highest BCUT2D eigenvalue weighted by atomic mass is 19.4. The van der Waals surface area contributed by atoms with E-state index in [-0.39, 0.29) is 5.92 Å². The van der Waals surface area contributed by atoms with Gasteiger partial charge in [0.2, 0.25) is 0 Å². The second-order valence-electron chi connectivity index (χ2n) is 4.69. The van der Waals surface area contributed by atoms with Crippen molar-refractivity contribution in [1.82, 2.24) is 5.32 Å². The Balaban J connectivity index is 2.25. The Labute approximate surface area is 108 Å². The van der Waals surface area contributed by atoms with Crippen LogP contribution < -0.4 is 5.32 Å². The molecule has 0 radical (unpaired) electrons. The number of carboxylic acid groups (broad SMARTS) is 1. The Kier molecular flexibility index (Phi) is 3.80. The largest absolute Gasteiger partial charge is 0.481 e. The number of nitrogens with one attached hydrogen (secondary N) is 1. The van der Waals surface area contributed by atoms with Crippen molar-refractivity contribution in [2.45, 2.75) is 18.5 Å². The number of hydrogen-bond donors (Lipinski definition) is 2. The molecule has 2 rings (SSSR count). The number of hydrogen-bond acceptors (Lipinski definition) is 2. The van der Waals surface area contributed by atoms with Gasteiger partial charge < -0.3 is 10.4 Å². The molecule has 1 aromatic carbocycles. The van der Waals surface area contributed by atoms with E-state index in [1.54, 1.807) is 0 Å². The molecule has 1 heterocycles. The van der Waals surface area contributed by atoms with E-state index in [1.165, 1.54) is 12.1 Å². The zero-order valence-electron chi connectivity index (χ0n) is 10.1. The smallest absolute Gasteiger partial charge is 0.416 e. The van der Waals surface area contributed by atoms with Crippen LogP contribution in [0, 0.1) is 5.92 Å². The first-order valence-corrected chi connectivity index (χ1v) is 6.00. The van der Waals surface area contributed by atoms with Gasteiger partial charge in [0.25, 0.3) is 0 Å². The van der Waals surface area contributed by atoms with Gasteiger partial charge in [0.15, 0.2) is 0 Å². The third kappa shape index (κ3) is 3.07. The summed E-state index contributed by atoms with van der Waals surface area (Å²) < 4.78 is 37.4. The van der Waals surface area contributed by atoms with Crippen LogP contribution in [0.2, 0.25) is 0 Å². The summed E-state index contributed by atoms with van der Waals surface area (Å²) in [6.07, 6.45) is -3.68. The van der Waals surface area contributed by atoms with E-state index in [9.17, 15) is 23.1 Å². The van der Waals surface area contributed by atoms with Crippen LogP contribution in [0.15, 0.2) is 24.3 Å². The topological polar surface area (TPSA) is 49.3 Å². The summed E-state index contributed by atoms with van der Waals surface area (Å²) in [7, 11) is 0. The molecule has 1 aliphatic rings. The van der Waals surface area contributed by atoms with Crippen LogP contribution in [0.5, 0.6) is 0 Å². The SMILES string of the molecule is O=C(O)C(c1ccc(C(F)(F)F)cc1)C1CCNC1. The summed E-state index contributed by atoms with van der Waals surface area (Å²) in [5.74, 6) is -1.82. The number of carboxylic acids is 1. The maximum atomic E-state index is 12.5. The fourth-order valence-electron chi connectivity index (χ4n) is 2.46. The zero-order valence-corrected chi connectivity index (χ0v) is 10.1. The number of carbonyl (C=O) groups is 1. The van der Waals surface area contributed by atoms with Gasteiger partial charge in [0.05, 0.1) is 11.5 Å². The van der Waals surface area contributed by atoms with E-state index >= 15 is 0 Å². The van der Waals surface area contributed by atoms with Crippen molar-refractivity contribution in [3.63, 3.8) is 0 Å². The van der Waals surface area contributed by atoms with Crippen molar-refractivity contribution in [3.8, 4) is 0 Å². The Morgan fingerprint density at radius 1 is 1.32 bits per heavy atom. The predicted molar refractivity (Wildman–Crippen MR) is 62.8 cm³/mol. The highest BCUT2D eigenvalue weighted by molar-refractivity contribution is 5.76. The standard InChI is InChI=1S/C13H14F3NO2/c14-13(15,16)10-3-1-8(2-4-10)11(12(18)19)9-5-6-17-7-9/h1-4,9,11,17H,5-7H2,(H,18,19). The lowest BCUT2D eigenvalue weighted by molar-refractivity contribution is -0.140. The summed E-state index contributed by atoms with van der Waals surface area (Å²) in [4.78, 5) is 11.3. The minimum Gasteiger partial charge on any atom is -0.481 e.